The zero-order chi connectivity index (χ0) is 24.2. The molecule has 0 saturated carbocycles. The van der Waals surface area contributed by atoms with Gasteiger partial charge in [0.15, 0.2) is 0 Å². The molecule has 0 aliphatic carbocycles. The lowest BCUT2D eigenvalue weighted by atomic mass is 9.82. The Labute approximate surface area is 194 Å². The number of hydrogen-bond acceptors (Lipinski definition) is 2. The molecule has 2 aromatic rings. The van der Waals surface area contributed by atoms with Gasteiger partial charge in [-0.3, -0.25) is 9.69 Å². The molecule has 2 aromatic carbocycles. The van der Waals surface area contributed by atoms with Crippen LogP contribution in [0.3, 0.4) is 0 Å². The molecule has 0 unspecified atom stereocenters. The number of alkyl halides is 3. The molecule has 6 heteroatoms. The summed E-state index contributed by atoms with van der Waals surface area (Å²) in [4.78, 5) is 13.8. The molecule has 0 bridgehead atoms. The lowest BCUT2D eigenvalue weighted by Crippen LogP contribution is -2.40. The monoisotopic (exact) mass is 461 g/mol. The normalized spacial score (nSPS) is 20.7. The van der Waals surface area contributed by atoms with Crippen molar-refractivity contribution in [3.63, 3.8) is 0 Å². The first kappa shape index (κ1) is 25.3. The number of benzene rings is 2. The third kappa shape index (κ3) is 6.83. The number of rotatable bonds is 8. The van der Waals surface area contributed by atoms with Gasteiger partial charge in [0.2, 0.25) is 0 Å². The van der Waals surface area contributed by atoms with Crippen molar-refractivity contribution in [3.05, 3.63) is 70.8 Å². The van der Waals surface area contributed by atoms with Crippen LogP contribution in [0.1, 0.15) is 80.3 Å². The SMILES string of the molecule is Cc1ccc([C@H]2C[C@@H](CC(=O)O)CCN2[C@@H](CCC(C)C)c2ccc(C(F)(F)F)cc2)cc1. The van der Waals surface area contributed by atoms with Crippen LogP contribution in [0.15, 0.2) is 48.5 Å². The molecule has 1 saturated heterocycles. The predicted octanol–water partition coefficient (Wildman–Crippen LogP) is 7.42. The molecule has 0 aromatic heterocycles. The Balaban J connectivity index is 1.96. The van der Waals surface area contributed by atoms with Crippen molar-refractivity contribution in [1.29, 1.82) is 0 Å². The van der Waals surface area contributed by atoms with Crippen LogP contribution in [-0.4, -0.2) is 22.5 Å². The van der Waals surface area contributed by atoms with E-state index in [2.05, 4.69) is 43.0 Å². The fraction of sp³-hybridized carbons (Fsp3) is 0.519. The molecule has 1 aliphatic heterocycles. The van der Waals surface area contributed by atoms with Crippen molar-refractivity contribution in [2.45, 2.75) is 71.1 Å². The van der Waals surface area contributed by atoms with E-state index in [1.807, 2.05) is 6.92 Å². The number of hydrogen-bond donors (Lipinski definition) is 1. The van der Waals surface area contributed by atoms with Crippen LogP contribution in [0, 0.1) is 18.8 Å². The molecule has 1 fully saturated rings. The highest BCUT2D eigenvalue weighted by Gasteiger charge is 2.36. The number of aryl methyl sites for hydroxylation is 1. The van der Waals surface area contributed by atoms with Gasteiger partial charge in [-0.05, 0) is 74.2 Å². The Hall–Kier alpha value is -2.34. The van der Waals surface area contributed by atoms with Gasteiger partial charge in [0.1, 0.15) is 0 Å². The molecule has 180 valence electrons. The van der Waals surface area contributed by atoms with Crippen LogP contribution >= 0.6 is 0 Å². The van der Waals surface area contributed by atoms with E-state index in [1.165, 1.54) is 12.1 Å². The molecular weight excluding hydrogens is 427 g/mol. The summed E-state index contributed by atoms with van der Waals surface area (Å²) in [6, 6.07) is 13.9. The van der Waals surface area contributed by atoms with Crippen molar-refractivity contribution in [3.8, 4) is 0 Å². The first-order valence-corrected chi connectivity index (χ1v) is 11.8. The quantitative estimate of drug-likeness (QED) is 0.445. The third-order valence-electron chi connectivity index (χ3n) is 6.72. The molecule has 33 heavy (non-hydrogen) atoms. The van der Waals surface area contributed by atoms with Crippen molar-refractivity contribution >= 4 is 5.97 Å². The van der Waals surface area contributed by atoms with Gasteiger partial charge in [0.05, 0.1) is 5.56 Å². The van der Waals surface area contributed by atoms with Gasteiger partial charge in [-0.2, -0.15) is 13.2 Å². The minimum Gasteiger partial charge on any atom is -0.481 e. The maximum absolute atomic E-state index is 13.1. The van der Waals surface area contributed by atoms with Gasteiger partial charge in [-0.1, -0.05) is 55.8 Å². The highest BCUT2D eigenvalue weighted by Crippen LogP contribution is 2.43. The highest BCUT2D eigenvalue weighted by atomic mass is 19.4. The Bertz CT molecular complexity index is 906. The zero-order valence-electron chi connectivity index (χ0n) is 19.6. The van der Waals surface area contributed by atoms with E-state index in [0.717, 1.165) is 48.9 Å². The molecule has 3 rings (SSSR count). The molecule has 0 spiro atoms. The first-order valence-electron chi connectivity index (χ1n) is 11.8. The Kier molecular flexibility index (Phi) is 8.22. The van der Waals surface area contributed by atoms with E-state index < -0.39 is 17.7 Å². The molecule has 3 nitrogen and oxygen atoms in total. The summed E-state index contributed by atoms with van der Waals surface area (Å²) in [7, 11) is 0. The number of nitrogens with zero attached hydrogens (tertiary/aromatic N) is 1. The van der Waals surface area contributed by atoms with Crippen LogP contribution < -0.4 is 0 Å². The molecular formula is C27H34F3NO2. The summed E-state index contributed by atoms with van der Waals surface area (Å²) in [6.45, 7) is 7.06. The largest absolute Gasteiger partial charge is 0.481 e. The Morgan fingerprint density at radius 3 is 2.24 bits per heavy atom. The summed E-state index contributed by atoms with van der Waals surface area (Å²) in [5, 5.41) is 9.34. The van der Waals surface area contributed by atoms with Gasteiger partial charge < -0.3 is 5.11 Å². The van der Waals surface area contributed by atoms with Crippen LogP contribution in [0.25, 0.3) is 0 Å². The minimum absolute atomic E-state index is 0.0215. The number of carboxylic acid groups (broad SMARTS) is 1. The van der Waals surface area contributed by atoms with Crippen LogP contribution in [0.5, 0.6) is 0 Å². The molecule has 0 radical (unpaired) electrons. The smallest absolute Gasteiger partial charge is 0.416 e. The Morgan fingerprint density at radius 2 is 1.70 bits per heavy atom. The summed E-state index contributed by atoms with van der Waals surface area (Å²) >= 11 is 0. The zero-order valence-corrected chi connectivity index (χ0v) is 19.6. The fourth-order valence-electron chi connectivity index (χ4n) is 4.89. The third-order valence-corrected chi connectivity index (χ3v) is 6.72. The summed E-state index contributed by atoms with van der Waals surface area (Å²) < 4.78 is 39.4. The van der Waals surface area contributed by atoms with E-state index in [0.29, 0.717) is 5.92 Å². The lowest BCUT2D eigenvalue weighted by molar-refractivity contribution is -0.139. The second-order valence-electron chi connectivity index (χ2n) is 9.76. The summed E-state index contributed by atoms with van der Waals surface area (Å²) in [5.74, 6) is -0.220. The summed E-state index contributed by atoms with van der Waals surface area (Å²) in [5.41, 5.74) is 2.54. The standard InChI is InChI=1S/C27H34F3NO2/c1-18(2)4-13-24(21-9-11-23(12-10-21)27(28,29)30)31-15-14-20(17-26(32)33)16-25(31)22-7-5-19(3)6-8-22/h5-12,18,20,24-25H,4,13-17H2,1-3H3,(H,32,33)/t20-,24-,25+/m0/s1. The number of halogens is 3. The number of aliphatic carboxylic acids is 1. The van der Waals surface area contributed by atoms with E-state index in [4.69, 9.17) is 0 Å². The maximum Gasteiger partial charge on any atom is 0.416 e. The number of likely N-dealkylation sites (tertiary alicyclic amines) is 1. The van der Waals surface area contributed by atoms with Crippen molar-refractivity contribution < 1.29 is 23.1 Å². The minimum atomic E-state index is -4.36. The van der Waals surface area contributed by atoms with Gasteiger partial charge in [-0.15, -0.1) is 0 Å². The van der Waals surface area contributed by atoms with Gasteiger partial charge in [-0.25, -0.2) is 0 Å². The molecule has 3 atom stereocenters. The maximum atomic E-state index is 13.1. The summed E-state index contributed by atoms with van der Waals surface area (Å²) in [6.07, 6.45) is -0.906. The van der Waals surface area contributed by atoms with Crippen LogP contribution in [0.4, 0.5) is 13.2 Å². The van der Waals surface area contributed by atoms with Crippen LogP contribution in [-0.2, 0) is 11.0 Å². The van der Waals surface area contributed by atoms with E-state index in [1.54, 1.807) is 12.1 Å². The average molecular weight is 462 g/mol. The number of piperidine rings is 1. The second-order valence-corrected chi connectivity index (χ2v) is 9.76. The van der Waals surface area contributed by atoms with E-state index >= 15 is 0 Å². The van der Waals surface area contributed by atoms with Crippen molar-refractivity contribution in [2.75, 3.05) is 6.54 Å². The predicted molar refractivity (Wildman–Crippen MR) is 124 cm³/mol. The lowest BCUT2D eigenvalue weighted by Gasteiger charge is -2.44. The van der Waals surface area contributed by atoms with E-state index in [-0.39, 0.29) is 24.4 Å². The van der Waals surface area contributed by atoms with E-state index in [9.17, 15) is 23.1 Å². The average Bonchev–Trinajstić information content (AvgIpc) is 2.74. The van der Waals surface area contributed by atoms with Gasteiger partial charge >= 0.3 is 12.1 Å². The molecule has 1 N–H and O–H groups in total. The van der Waals surface area contributed by atoms with Crippen LogP contribution in [0.2, 0.25) is 0 Å². The second kappa shape index (κ2) is 10.7. The van der Waals surface area contributed by atoms with Crippen molar-refractivity contribution in [1.82, 2.24) is 4.90 Å². The topological polar surface area (TPSA) is 40.5 Å². The molecule has 1 heterocycles. The fourth-order valence-corrected chi connectivity index (χ4v) is 4.89. The van der Waals surface area contributed by atoms with Crippen molar-refractivity contribution in [2.24, 2.45) is 11.8 Å². The first-order chi connectivity index (χ1) is 15.5. The number of carbonyl (C=O) groups is 1. The highest BCUT2D eigenvalue weighted by molar-refractivity contribution is 5.67. The molecule has 0 amide bonds. The van der Waals surface area contributed by atoms with Gasteiger partial charge in [0, 0.05) is 18.5 Å². The molecule has 1 aliphatic rings. The van der Waals surface area contributed by atoms with Gasteiger partial charge in [0.25, 0.3) is 0 Å². The number of carboxylic acids is 1. The Morgan fingerprint density at radius 1 is 1.06 bits per heavy atom.